The average Bonchev–Trinajstić information content (AvgIpc) is 3.18. The van der Waals surface area contributed by atoms with Gasteiger partial charge >= 0.3 is 0 Å². The van der Waals surface area contributed by atoms with Gasteiger partial charge in [-0.3, -0.25) is 5.10 Å². The fourth-order valence-electron chi connectivity index (χ4n) is 2.02. The average molecular weight is 308 g/mol. The van der Waals surface area contributed by atoms with Crippen molar-refractivity contribution < 1.29 is 5.11 Å². The second kappa shape index (κ2) is 6.27. The van der Waals surface area contributed by atoms with Crippen molar-refractivity contribution in [1.82, 2.24) is 30.4 Å². The first-order chi connectivity index (χ1) is 11.1. The molecule has 0 aliphatic rings. The van der Waals surface area contributed by atoms with E-state index in [1.165, 1.54) is 4.80 Å². The van der Waals surface area contributed by atoms with E-state index in [0.717, 1.165) is 22.3 Å². The van der Waals surface area contributed by atoms with E-state index in [9.17, 15) is 5.11 Å². The van der Waals surface area contributed by atoms with Crippen molar-refractivity contribution in [3.8, 4) is 11.4 Å². The molecule has 0 saturated heterocycles. The van der Waals surface area contributed by atoms with Crippen LogP contribution in [0, 0.1) is 13.8 Å². The van der Waals surface area contributed by atoms with Gasteiger partial charge in [0.2, 0.25) is 0 Å². The van der Waals surface area contributed by atoms with Crippen LogP contribution in [0.25, 0.3) is 16.7 Å². The lowest BCUT2D eigenvalue weighted by Crippen LogP contribution is -1.99. The molecule has 0 unspecified atom stereocenters. The Morgan fingerprint density at radius 3 is 2.22 bits per heavy atom. The molecule has 0 radical (unpaired) electrons. The topological polar surface area (TPSA) is 92.5 Å². The minimum atomic E-state index is 0.177. The van der Waals surface area contributed by atoms with Gasteiger partial charge in [0.15, 0.2) is 0 Å². The lowest BCUT2D eigenvalue weighted by Gasteiger charge is -2.03. The molecule has 2 heterocycles. The number of hydrogen-bond donors (Lipinski definition) is 2. The van der Waals surface area contributed by atoms with E-state index < -0.39 is 0 Å². The number of rotatable bonds is 1. The predicted molar refractivity (Wildman–Crippen MR) is 86.4 cm³/mol. The molecule has 2 N–H and O–H groups in total. The number of aromatic amines is 1. The van der Waals surface area contributed by atoms with Crippen LogP contribution in [0.4, 0.5) is 0 Å². The summed E-state index contributed by atoms with van der Waals surface area (Å²) in [6.07, 6.45) is 1.74. The maximum absolute atomic E-state index is 9.81. The van der Waals surface area contributed by atoms with Crippen LogP contribution < -0.4 is 0 Å². The van der Waals surface area contributed by atoms with Gasteiger partial charge in [-0.15, -0.1) is 20.1 Å². The molecule has 0 saturated carbocycles. The van der Waals surface area contributed by atoms with E-state index in [0.29, 0.717) is 5.69 Å². The van der Waals surface area contributed by atoms with E-state index >= 15 is 0 Å². The van der Waals surface area contributed by atoms with Crippen LogP contribution in [0.3, 0.4) is 0 Å². The smallest absolute Gasteiger partial charge is 0.143 e. The number of fused-ring (bicyclic) bond motifs is 1. The maximum atomic E-state index is 9.81. The monoisotopic (exact) mass is 308 g/mol. The molecular formula is C16H16N6O. The van der Waals surface area contributed by atoms with E-state index in [1.54, 1.807) is 12.3 Å². The van der Waals surface area contributed by atoms with Crippen LogP contribution in [-0.2, 0) is 0 Å². The first-order valence-electron chi connectivity index (χ1n) is 7.08. The van der Waals surface area contributed by atoms with Crippen molar-refractivity contribution in [2.24, 2.45) is 0 Å². The zero-order valence-electron chi connectivity index (χ0n) is 12.8. The number of nitrogens with one attached hydrogen (secondary N) is 1. The molecule has 0 spiro atoms. The molecule has 0 fully saturated rings. The second-order valence-corrected chi connectivity index (χ2v) is 5.09. The number of phenolic OH excluding ortho intramolecular Hbond substituents is 1. The van der Waals surface area contributed by atoms with Crippen molar-refractivity contribution in [2.75, 3.05) is 0 Å². The molecule has 0 aliphatic carbocycles. The van der Waals surface area contributed by atoms with Gasteiger partial charge in [0, 0.05) is 6.20 Å². The van der Waals surface area contributed by atoms with Crippen molar-refractivity contribution in [3.63, 3.8) is 0 Å². The predicted octanol–water partition coefficient (Wildman–Crippen LogP) is 2.55. The quantitative estimate of drug-likeness (QED) is 0.564. The third kappa shape index (κ3) is 3.34. The molecule has 0 amide bonds. The number of hydrogen-bond acceptors (Lipinski definition) is 5. The standard InChI is InChI=1S/C13H11N3O.C3H5N3/c1-9-6-7-13(17)12(8-9)16-14-10-4-2-3-5-11(10)15-16;1-3-2-4-6-5-3/h2-8,17H,1H3;2H,1H3,(H,4,5,6). The lowest BCUT2D eigenvalue weighted by atomic mass is 10.2. The van der Waals surface area contributed by atoms with Crippen molar-refractivity contribution in [2.45, 2.75) is 13.8 Å². The summed E-state index contributed by atoms with van der Waals surface area (Å²) in [6.45, 7) is 3.84. The molecule has 116 valence electrons. The fourth-order valence-corrected chi connectivity index (χ4v) is 2.02. The molecule has 4 rings (SSSR count). The number of benzene rings is 2. The second-order valence-electron chi connectivity index (χ2n) is 5.09. The zero-order valence-corrected chi connectivity index (χ0v) is 12.8. The van der Waals surface area contributed by atoms with Gasteiger partial charge in [-0.2, -0.15) is 0 Å². The largest absolute Gasteiger partial charge is 0.506 e. The summed E-state index contributed by atoms with van der Waals surface area (Å²) < 4.78 is 0. The molecule has 0 bridgehead atoms. The number of aryl methyl sites for hydroxylation is 2. The molecule has 23 heavy (non-hydrogen) atoms. The summed E-state index contributed by atoms with van der Waals surface area (Å²) >= 11 is 0. The third-order valence-electron chi connectivity index (χ3n) is 3.17. The highest BCUT2D eigenvalue weighted by Gasteiger charge is 2.08. The molecule has 7 nitrogen and oxygen atoms in total. The Hall–Kier alpha value is -3.22. The van der Waals surface area contributed by atoms with Crippen LogP contribution in [0.15, 0.2) is 48.7 Å². The molecule has 2 aromatic carbocycles. The number of nitrogens with zero attached hydrogens (tertiary/aromatic N) is 5. The highest BCUT2D eigenvalue weighted by atomic mass is 16.3. The lowest BCUT2D eigenvalue weighted by molar-refractivity contribution is 0.467. The van der Waals surface area contributed by atoms with Crippen molar-refractivity contribution >= 4 is 11.0 Å². The Bertz CT molecular complexity index is 880. The van der Waals surface area contributed by atoms with Gasteiger partial charge in [-0.05, 0) is 43.7 Å². The Morgan fingerprint density at radius 2 is 1.70 bits per heavy atom. The van der Waals surface area contributed by atoms with Crippen LogP contribution in [0.5, 0.6) is 5.75 Å². The minimum Gasteiger partial charge on any atom is -0.506 e. The summed E-state index contributed by atoms with van der Waals surface area (Å²) in [5, 5.41) is 28.1. The summed E-state index contributed by atoms with van der Waals surface area (Å²) in [7, 11) is 0. The first-order valence-corrected chi connectivity index (χ1v) is 7.08. The van der Waals surface area contributed by atoms with E-state index in [-0.39, 0.29) is 5.75 Å². The van der Waals surface area contributed by atoms with E-state index in [4.69, 9.17) is 0 Å². The van der Waals surface area contributed by atoms with Gasteiger partial charge in [0.25, 0.3) is 0 Å². The number of aromatic nitrogens is 6. The first kappa shape index (κ1) is 14.7. The van der Waals surface area contributed by atoms with Crippen LogP contribution in [0.1, 0.15) is 11.3 Å². The molecular weight excluding hydrogens is 292 g/mol. The number of aromatic hydroxyl groups is 1. The maximum Gasteiger partial charge on any atom is 0.143 e. The van der Waals surface area contributed by atoms with Gasteiger partial charge in [-0.1, -0.05) is 23.4 Å². The van der Waals surface area contributed by atoms with Crippen LogP contribution in [0.2, 0.25) is 0 Å². The Balaban J connectivity index is 0.000000220. The van der Waals surface area contributed by atoms with Crippen molar-refractivity contribution in [1.29, 1.82) is 0 Å². The fraction of sp³-hybridized carbons (Fsp3) is 0.125. The molecule has 7 heteroatoms. The summed E-state index contributed by atoms with van der Waals surface area (Å²) in [5.41, 5.74) is 4.21. The summed E-state index contributed by atoms with van der Waals surface area (Å²) in [5.74, 6) is 0.177. The Kier molecular flexibility index (Phi) is 4.01. The molecule has 4 aromatic rings. The van der Waals surface area contributed by atoms with Crippen LogP contribution in [-0.4, -0.2) is 35.5 Å². The zero-order chi connectivity index (χ0) is 16.2. The Labute approximate surface area is 132 Å². The van der Waals surface area contributed by atoms with E-state index in [1.807, 2.05) is 50.2 Å². The third-order valence-corrected chi connectivity index (χ3v) is 3.17. The van der Waals surface area contributed by atoms with Crippen LogP contribution >= 0.6 is 0 Å². The van der Waals surface area contributed by atoms with E-state index in [2.05, 4.69) is 25.6 Å². The molecule has 0 atom stereocenters. The summed E-state index contributed by atoms with van der Waals surface area (Å²) in [6, 6.07) is 13.0. The summed E-state index contributed by atoms with van der Waals surface area (Å²) in [4.78, 5) is 1.47. The van der Waals surface area contributed by atoms with Gasteiger partial charge in [0.05, 0.1) is 5.69 Å². The van der Waals surface area contributed by atoms with Gasteiger partial charge in [-0.25, -0.2) is 0 Å². The molecule has 0 aliphatic heterocycles. The molecule has 2 aromatic heterocycles. The van der Waals surface area contributed by atoms with Crippen molar-refractivity contribution in [3.05, 3.63) is 59.9 Å². The highest BCUT2D eigenvalue weighted by molar-refractivity contribution is 5.73. The van der Waals surface area contributed by atoms with Gasteiger partial charge < -0.3 is 5.11 Å². The number of phenols is 1. The SMILES string of the molecule is Cc1c[nH]nn1.Cc1ccc(O)c(-n2nc3ccccc3n2)c1. The number of H-pyrrole nitrogens is 1. The normalized spacial score (nSPS) is 10.3. The minimum absolute atomic E-state index is 0.177. The highest BCUT2D eigenvalue weighted by Crippen LogP contribution is 2.22. The Morgan fingerprint density at radius 1 is 1.00 bits per heavy atom. The van der Waals surface area contributed by atoms with Gasteiger partial charge in [0.1, 0.15) is 22.5 Å².